The summed E-state index contributed by atoms with van der Waals surface area (Å²) >= 11 is 0. The molecule has 0 fully saturated rings. The summed E-state index contributed by atoms with van der Waals surface area (Å²) in [6.45, 7) is 11.3. The summed E-state index contributed by atoms with van der Waals surface area (Å²) in [6, 6.07) is 16.2. The van der Waals surface area contributed by atoms with E-state index in [0.29, 0.717) is 23.2 Å². The third-order valence-corrected chi connectivity index (χ3v) is 7.38. The normalized spacial score (nSPS) is 12.6. The number of phenols is 2. The quantitative estimate of drug-likeness (QED) is 0.154. The van der Waals surface area contributed by atoms with Crippen LogP contribution in [0.3, 0.4) is 0 Å². The first-order valence-corrected chi connectivity index (χ1v) is 15.5. The number of ether oxygens (including phenoxy) is 1. The first-order chi connectivity index (χ1) is 21.3. The van der Waals surface area contributed by atoms with E-state index in [2.05, 4.69) is 17.6 Å². The summed E-state index contributed by atoms with van der Waals surface area (Å²) in [7, 11) is 0. The maximum atomic E-state index is 14.6. The Morgan fingerprint density at radius 3 is 2.11 bits per heavy atom. The molecule has 0 aliphatic rings. The van der Waals surface area contributed by atoms with E-state index in [4.69, 9.17) is 4.74 Å². The number of phenolic OH excluding ortho intramolecular Hbond substituents is 2. The van der Waals surface area contributed by atoms with Crippen LogP contribution < -0.4 is 10.6 Å². The van der Waals surface area contributed by atoms with Crippen LogP contribution in [0.2, 0.25) is 0 Å². The lowest BCUT2D eigenvalue weighted by molar-refractivity contribution is -0.140. The zero-order chi connectivity index (χ0) is 33.1. The molecule has 9 heteroatoms. The second-order valence-electron chi connectivity index (χ2n) is 12.4. The number of benzene rings is 3. The Morgan fingerprint density at radius 1 is 0.867 bits per heavy atom. The van der Waals surface area contributed by atoms with Gasteiger partial charge in [0.25, 0.3) is 5.91 Å². The van der Waals surface area contributed by atoms with Crippen LogP contribution in [0.4, 0.5) is 10.5 Å². The molecule has 0 heterocycles. The first-order valence-electron chi connectivity index (χ1n) is 15.5. The average Bonchev–Trinajstić information content (AvgIpc) is 2.96. The maximum Gasteiger partial charge on any atom is 0.408 e. The van der Waals surface area contributed by atoms with E-state index in [9.17, 15) is 24.6 Å². The second-order valence-corrected chi connectivity index (χ2v) is 12.4. The molecular weight excluding hydrogens is 570 g/mol. The number of para-hydroxylation sites is 1. The zero-order valence-electron chi connectivity index (χ0n) is 27.2. The number of unbranched alkanes of at least 4 members (excludes halogenated alkanes) is 3. The Hall–Kier alpha value is -4.53. The van der Waals surface area contributed by atoms with E-state index < -0.39 is 35.6 Å². The fourth-order valence-electron chi connectivity index (χ4n) is 5.16. The predicted octanol–water partition coefficient (Wildman–Crippen LogP) is 6.94. The molecule has 0 radical (unpaired) electrons. The summed E-state index contributed by atoms with van der Waals surface area (Å²) in [6.07, 6.45) is 2.74. The van der Waals surface area contributed by atoms with E-state index in [-0.39, 0.29) is 24.5 Å². The highest BCUT2D eigenvalue weighted by Crippen LogP contribution is 2.29. The molecule has 2 unspecified atom stereocenters. The third-order valence-electron chi connectivity index (χ3n) is 7.38. The van der Waals surface area contributed by atoms with Crippen molar-refractivity contribution in [3.63, 3.8) is 0 Å². The van der Waals surface area contributed by atoms with Crippen molar-refractivity contribution in [3.05, 3.63) is 89.0 Å². The van der Waals surface area contributed by atoms with Crippen molar-refractivity contribution >= 4 is 23.6 Å². The fraction of sp³-hybridized carbons (Fsp3) is 0.417. The van der Waals surface area contributed by atoms with Crippen molar-refractivity contribution in [1.29, 1.82) is 0 Å². The number of alkyl carbamates (subject to hydrolysis) is 1. The van der Waals surface area contributed by atoms with Gasteiger partial charge in [-0.1, -0.05) is 68.7 Å². The Labute approximate surface area is 266 Å². The number of nitrogens with one attached hydrogen (secondary N) is 2. The molecule has 0 aliphatic carbocycles. The molecule has 3 aromatic rings. The highest BCUT2D eigenvalue weighted by atomic mass is 16.6. The van der Waals surface area contributed by atoms with Crippen LogP contribution in [0.15, 0.2) is 66.7 Å². The monoisotopic (exact) mass is 617 g/mol. The maximum absolute atomic E-state index is 14.6. The van der Waals surface area contributed by atoms with E-state index in [1.54, 1.807) is 45.0 Å². The van der Waals surface area contributed by atoms with Gasteiger partial charge in [-0.25, -0.2) is 4.79 Å². The SMILES string of the molecule is CCCCCCN(C(=O)C(Cc1ccc(O)cc1)NC(=O)OC(C)(C)C)C(C(=O)Nc1c(C)cccc1C)c1cccc(O)c1. The van der Waals surface area contributed by atoms with Gasteiger partial charge in [0.05, 0.1) is 0 Å². The molecule has 9 nitrogen and oxygen atoms in total. The molecule has 0 aromatic heterocycles. The summed E-state index contributed by atoms with van der Waals surface area (Å²) in [4.78, 5) is 43.4. The molecule has 0 aliphatic heterocycles. The van der Waals surface area contributed by atoms with Crippen molar-refractivity contribution in [2.24, 2.45) is 0 Å². The van der Waals surface area contributed by atoms with Crippen LogP contribution in [-0.2, 0) is 20.7 Å². The van der Waals surface area contributed by atoms with E-state index in [0.717, 1.165) is 30.4 Å². The number of rotatable bonds is 13. The average molecular weight is 618 g/mol. The van der Waals surface area contributed by atoms with Crippen LogP contribution in [-0.4, -0.2) is 51.2 Å². The van der Waals surface area contributed by atoms with Crippen LogP contribution in [0.25, 0.3) is 0 Å². The Kier molecular flexibility index (Phi) is 12.4. The number of aromatic hydroxyl groups is 2. The molecule has 45 heavy (non-hydrogen) atoms. The topological polar surface area (TPSA) is 128 Å². The van der Waals surface area contributed by atoms with Gasteiger partial charge in [0.15, 0.2) is 0 Å². The molecule has 4 N–H and O–H groups in total. The second kappa shape index (κ2) is 16.0. The minimum atomic E-state index is -1.12. The Bertz CT molecular complexity index is 1430. The highest BCUT2D eigenvalue weighted by Gasteiger charge is 2.36. The largest absolute Gasteiger partial charge is 0.508 e. The van der Waals surface area contributed by atoms with Gasteiger partial charge in [-0.05, 0) is 87.6 Å². The van der Waals surface area contributed by atoms with Crippen LogP contribution in [0.5, 0.6) is 11.5 Å². The van der Waals surface area contributed by atoms with Crippen molar-refractivity contribution in [2.45, 2.75) is 91.3 Å². The van der Waals surface area contributed by atoms with Crippen molar-refractivity contribution in [2.75, 3.05) is 11.9 Å². The van der Waals surface area contributed by atoms with Crippen molar-refractivity contribution < 1.29 is 29.3 Å². The highest BCUT2D eigenvalue weighted by molar-refractivity contribution is 6.00. The van der Waals surface area contributed by atoms with Gasteiger partial charge in [-0.3, -0.25) is 9.59 Å². The molecule has 242 valence electrons. The number of hydrogen-bond acceptors (Lipinski definition) is 6. The standard InChI is InChI=1S/C36H47N3O6/c1-7-8-9-10-21-39(34(43)30(37-35(44)45-36(4,5)6)22-26-17-19-28(40)20-18-26)32(27-15-12-16-29(41)23-27)33(42)38-31-24(2)13-11-14-25(31)3/h11-20,23,30,32,40-41H,7-10,21-22H2,1-6H3,(H,37,44)(H,38,42). The summed E-state index contributed by atoms with van der Waals surface area (Å²) in [5.41, 5.74) is 2.72. The molecule has 0 bridgehead atoms. The third kappa shape index (κ3) is 10.6. The van der Waals surface area contributed by atoms with E-state index in [1.807, 2.05) is 32.0 Å². The summed E-state index contributed by atoms with van der Waals surface area (Å²) in [5.74, 6) is -0.882. The Morgan fingerprint density at radius 2 is 1.51 bits per heavy atom. The number of amides is 3. The van der Waals surface area contributed by atoms with Crippen LogP contribution in [0, 0.1) is 13.8 Å². The molecule has 0 saturated heterocycles. The predicted molar refractivity (Wildman–Crippen MR) is 176 cm³/mol. The number of carbonyl (C=O) groups is 3. The van der Waals surface area contributed by atoms with Crippen LogP contribution >= 0.6 is 0 Å². The van der Waals surface area contributed by atoms with Gasteiger partial charge >= 0.3 is 6.09 Å². The minimum absolute atomic E-state index is 0.0386. The number of carbonyl (C=O) groups excluding carboxylic acids is 3. The molecule has 2 atom stereocenters. The number of hydrogen-bond donors (Lipinski definition) is 4. The van der Waals surface area contributed by atoms with Gasteiger partial charge in [-0.15, -0.1) is 0 Å². The lowest BCUT2D eigenvalue weighted by Crippen LogP contribution is -2.53. The number of aryl methyl sites for hydroxylation is 2. The van der Waals surface area contributed by atoms with Gasteiger partial charge in [0.1, 0.15) is 29.2 Å². The number of nitrogens with zero attached hydrogens (tertiary/aromatic N) is 1. The van der Waals surface area contributed by atoms with E-state index in [1.165, 1.54) is 29.2 Å². The van der Waals surface area contributed by atoms with Gasteiger partial charge in [0, 0.05) is 18.7 Å². The zero-order valence-corrected chi connectivity index (χ0v) is 27.2. The minimum Gasteiger partial charge on any atom is -0.508 e. The van der Waals surface area contributed by atoms with E-state index >= 15 is 0 Å². The lowest BCUT2D eigenvalue weighted by atomic mass is 9.99. The molecule has 0 saturated carbocycles. The fourth-order valence-corrected chi connectivity index (χ4v) is 5.16. The molecule has 0 spiro atoms. The van der Waals surface area contributed by atoms with Crippen molar-refractivity contribution in [1.82, 2.24) is 10.2 Å². The summed E-state index contributed by atoms with van der Waals surface area (Å²) in [5, 5.41) is 26.0. The first kappa shape index (κ1) is 35.0. The Balaban J connectivity index is 2.10. The molecule has 3 amide bonds. The van der Waals surface area contributed by atoms with Gasteiger partial charge in [-0.2, -0.15) is 0 Å². The molecule has 3 rings (SSSR count). The number of anilines is 1. The molecular formula is C36H47N3O6. The molecule has 3 aromatic carbocycles. The van der Waals surface area contributed by atoms with Gasteiger partial charge in [0.2, 0.25) is 5.91 Å². The lowest BCUT2D eigenvalue weighted by Gasteiger charge is -2.35. The van der Waals surface area contributed by atoms with Crippen LogP contribution in [0.1, 0.15) is 81.7 Å². The van der Waals surface area contributed by atoms with Crippen molar-refractivity contribution in [3.8, 4) is 11.5 Å². The van der Waals surface area contributed by atoms with Gasteiger partial charge < -0.3 is 30.5 Å². The summed E-state index contributed by atoms with van der Waals surface area (Å²) < 4.78 is 5.51. The smallest absolute Gasteiger partial charge is 0.408 e.